The van der Waals surface area contributed by atoms with Crippen LogP contribution in [-0.4, -0.2) is 44.9 Å². The first-order valence-electron chi connectivity index (χ1n) is 4.79. The van der Waals surface area contributed by atoms with Crippen LogP contribution in [0.4, 0.5) is 0 Å². The first-order chi connectivity index (χ1) is 6.84. The van der Waals surface area contributed by atoms with Crippen LogP contribution in [0.5, 0.6) is 0 Å². The summed E-state index contributed by atoms with van der Waals surface area (Å²) >= 11 is 2.68. The Kier molecular flexibility index (Phi) is 4.63. The van der Waals surface area contributed by atoms with Crippen LogP contribution in [0.25, 0.3) is 0 Å². The molecule has 2 rings (SSSR count). The molecule has 0 amide bonds. The fraction of sp³-hybridized carbons (Fsp3) is 0.455. The molecular weight excluding hydrogens is 369 g/mol. The van der Waals surface area contributed by atoms with Gasteiger partial charge in [0, 0.05) is 0 Å². The maximum absolute atomic E-state index is 2.43. The molecular formula is C11H14Se3. The van der Waals surface area contributed by atoms with Crippen molar-refractivity contribution >= 4 is 49.3 Å². The van der Waals surface area contributed by atoms with Crippen LogP contribution in [0.15, 0.2) is 30.3 Å². The predicted molar refractivity (Wildman–Crippen MR) is 65.9 cm³/mol. The van der Waals surface area contributed by atoms with Gasteiger partial charge in [-0.25, -0.2) is 0 Å². The Balaban J connectivity index is 1.87. The molecule has 1 aliphatic rings. The standard InChI is InChI=1S/C11H14Se3/c1-9-7-12-11(13-8-9)14-10-5-3-2-4-6-10/h2-6,9,11H,7-8H2,1H3. The summed E-state index contributed by atoms with van der Waals surface area (Å²) in [6.45, 7) is 2.43. The quantitative estimate of drug-likeness (QED) is 0.682. The van der Waals surface area contributed by atoms with Crippen LogP contribution in [0.3, 0.4) is 0 Å². The average molecular weight is 383 g/mol. The Bertz CT molecular complexity index is 265. The van der Waals surface area contributed by atoms with Gasteiger partial charge >= 0.3 is 106 Å². The van der Waals surface area contributed by atoms with E-state index < -0.39 is 0 Å². The van der Waals surface area contributed by atoms with E-state index in [0.717, 1.165) is 53.4 Å². The van der Waals surface area contributed by atoms with Gasteiger partial charge in [0.1, 0.15) is 0 Å². The van der Waals surface area contributed by atoms with Crippen molar-refractivity contribution < 1.29 is 0 Å². The average Bonchev–Trinajstić information content (AvgIpc) is 2.23. The molecule has 1 aromatic carbocycles. The van der Waals surface area contributed by atoms with Crippen molar-refractivity contribution in [1.29, 1.82) is 0 Å². The van der Waals surface area contributed by atoms with Gasteiger partial charge in [0.2, 0.25) is 0 Å². The first kappa shape index (κ1) is 11.3. The Hall–Kier alpha value is 0.778. The van der Waals surface area contributed by atoms with E-state index in [2.05, 4.69) is 37.3 Å². The van der Waals surface area contributed by atoms with Gasteiger partial charge in [-0.2, -0.15) is 0 Å². The molecule has 0 aliphatic carbocycles. The van der Waals surface area contributed by atoms with Crippen molar-refractivity contribution in [2.75, 3.05) is 0 Å². The van der Waals surface area contributed by atoms with Crippen molar-refractivity contribution in [3.8, 4) is 0 Å². The van der Waals surface area contributed by atoms with Gasteiger partial charge in [-0.05, 0) is 0 Å². The van der Waals surface area contributed by atoms with Crippen molar-refractivity contribution in [2.24, 2.45) is 5.92 Å². The van der Waals surface area contributed by atoms with Crippen LogP contribution in [0, 0.1) is 5.92 Å². The summed E-state index contributed by atoms with van der Waals surface area (Å²) < 4.78 is 2.75. The van der Waals surface area contributed by atoms with Crippen molar-refractivity contribution in [1.82, 2.24) is 0 Å². The van der Waals surface area contributed by atoms with E-state index in [1.54, 1.807) is 4.46 Å². The number of hydrogen-bond donors (Lipinski definition) is 0. The summed E-state index contributed by atoms with van der Waals surface area (Å²) in [6, 6.07) is 11.1. The van der Waals surface area contributed by atoms with E-state index in [-0.39, 0.29) is 0 Å². The molecule has 0 bridgehead atoms. The van der Waals surface area contributed by atoms with E-state index in [0.29, 0.717) is 0 Å². The monoisotopic (exact) mass is 386 g/mol. The molecule has 0 atom stereocenters. The van der Waals surface area contributed by atoms with Crippen molar-refractivity contribution in [3.05, 3.63) is 30.3 Å². The van der Waals surface area contributed by atoms with Crippen LogP contribution in [0.1, 0.15) is 6.92 Å². The molecule has 76 valence electrons. The van der Waals surface area contributed by atoms with Gasteiger partial charge in [-0.15, -0.1) is 0 Å². The van der Waals surface area contributed by atoms with Gasteiger partial charge in [0.15, 0.2) is 0 Å². The molecule has 1 fully saturated rings. The summed E-state index contributed by atoms with van der Waals surface area (Å²) in [5.41, 5.74) is 0. The fourth-order valence-corrected chi connectivity index (χ4v) is 14.5. The summed E-state index contributed by atoms with van der Waals surface area (Å²) in [7, 11) is 0. The molecule has 0 unspecified atom stereocenters. The molecule has 0 nitrogen and oxygen atoms in total. The minimum atomic E-state index is 0.779. The third-order valence-corrected chi connectivity index (χ3v) is 15.9. The molecule has 1 aromatic rings. The zero-order valence-corrected chi connectivity index (χ0v) is 13.3. The topological polar surface area (TPSA) is 0 Å². The molecule has 0 saturated carbocycles. The van der Waals surface area contributed by atoms with Gasteiger partial charge in [-0.1, -0.05) is 0 Å². The maximum atomic E-state index is 2.43. The van der Waals surface area contributed by atoms with E-state index >= 15 is 0 Å². The van der Waals surface area contributed by atoms with E-state index in [9.17, 15) is 0 Å². The Morgan fingerprint density at radius 2 is 1.79 bits per heavy atom. The molecule has 0 aromatic heterocycles. The molecule has 1 heterocycles. The molecule has 0 radical (unpaired) electrons. The first-order valence-corrected chi connectivity index (χ1v) is 11.0. The second-order valence-corrected chi connectivity index (χ2v) is 15.3. The second kappa shape index (κ2) is 5.75. The number of benzene rings is 1. The van der Waals surface area contributed by atoms with Crippen LogP contribution >= 0.6 is 0 Å². The Labute approximate surface area is 105 Å². The van der Waals surface area contributed by atoms with Gasteiger partial charge in [-0.3, -0.25) is 0 Å². The third kappa shape index (κ3) is 3.42. The van der Waals surface area contributed by atoms with E-state index in [1.165, 1.54) is 10.6 Å². The number of rotatable bonds is 2. The zero-order valence-electron chi connectivity index (χ0n) is 8.18. The van der Waals surface area contributed by atoms with Gasteiger partial charge < -0.3 is 0 Å². The minimum absolute atomic E-state index is 0.779. The van der Waals surface area contributed by atoms with Crippen LogP contribution < -0.4 is 4.46 Å². The van der Waals surface area contributed by atoms with Crippen LogP contribution in [0.2, 0.25) is 13.3 Å². The molecule has 0 N–H and O–H groups in total. The summed E-state index contributed by atoms with van der Waals surface area (Å²) in [4.78, 5) is 0. The second-order valence-electron chi connectivity index (χ2n) is 3.49. The Morgan fingerprint density at radius 3 is 2.43 bits per heavy atom. The summed E-state index contributed by atoms with van der Waals surface area (Å²) in [5, 5.41) is 3.07. The molecule has 3 heteroatoms. The van der Waals surface area contributed by atoms with E-state index in [1.807, 2.05) is 0 Å². The molecule has 14 heavy (non-hydrogen) atoms. The van der Waals surface area contributed by atoms with Gasteiger partial charge in [0.25, 0.3) is 0 Å². The Morgan fingerprint density at radius 1 is 1.14 bits per heavy atom. The zero-order chi connectivity index (χ0) is 9.80. The van der Waals surface area contributed by atoms with Crippen LogP contribution in [-0.2, 0) is 0 Å². The molecule has 1 aliphatic heterocycles. The van der Waals surface area contributed by atoms with Crippen molar-refractivity contribution in [3.63, 3.8) is 0 Å². The SMILES string of the molecule is CC1C[Se]C([Se]c2ccccc2)[Se]C1. The van der Waals surface area contributed by atoms with Gasteiger partial charge in [0.05, 0.1) is 0 Å². The number of hydrogen-bond acceptors (Lipinski definition) is 0. The predicted octanol–water partition coefficient (Wildman–Crippen LogP) is 1.61. The van der Waals surface area contributed by atoms with E-state index in [4.69, 9.17) is 0 Å². The molecule has 0 spiro atoms. The summed E-state index contributed by atoms with van der Waals surface area (Å²) in [5.74, 6) is 1.04. The van der Waals surface area contributed by atoms with Crippen molar-refractivity contribution in [2.45, 2.75) is 20.2 Å². The third-order valence-electron chi connectivity index (χ3n) is 2.01. The normalized spacial score (nSPS) is 27.5. The summed E-state index contributed by atoms with van der Waals surface area (Å²) in [6.07, 6.45) is 0. The molecule has 1 saturated heterocycles. The fourth-order valence-electron chi connectivity index (χ4n) is 1.26.